The number of nitrogens with zero attached hydrogens (tertiary/aromatic N) is 1. The second-order valence-corrected chi connectivity index (χ2v) is 1.64. The van der Waals surface area contributed by atoms with Crippen LogP contribution >= 0.6 is 0 Å². The first-order valence-corrected chi connectivity index (χ1v) is 2.73. The van der Waals surface area contributed by atoms with Crippen LogP contribution in [0.3, 0.4) is 0 Å². The molecule has 0 fully saturated rings. The van der Waals surface area contributed by atoms with E-state index in [0.29, 0.717) is 6.54 Å². The van der Waals surface area contributed by atoms with Gasteiger partial charge in [-0.2, -0.15) is 0 Å². The molecule has 0 radical (unpaired) electrons. The van der Waals surface area contributed by atoms with Gasteiger partial charge in [-0.05, 0) is 6.20 Å². The summed E-state index contributed by atoms with van der Waals surface area (Å²) in [5.74, 6) is -0.00935. The Kier molecular flexibility index (Phi) is 3.44. The van der Waals surface area contributed by atoms with Crippen LogP contribution in [0.15, 0.2) is 25.4 Å². The SMILES string of the molecule is C=CCN(C=C)C(C)=O. The molecule has 0 atom stereocenters. The maximum atomic E-state index is 10.6. The van der Waals surface area contributed by atoms with Crippen molar-refractivity contribution in [3.05, 3.63) is 25.4 Å². The largest absolute Gasteiger partial charge is 0.316 e. The van der Waals surface area contributed by atoms with Crippen LogP contribution < -0.4 is 0 Å². The molecule has 0 spiro atoms. The van der Waals surface area contributed by atoms with Crippen LogP contribution in [0.2, 0.25) is 0 Å². The molecule has 0 aliphatic rings. The highest BCUT2D eigenvalue weighted by molar-refractivity contribution is 5.74. The summed E-state index contributed by atoms with van der Waals surface area (Å²) in [5, 5.41) is 0. The summed E-state index contributed by atoms with van der Waals surface area (Å²) >= 11 is 0. The summed E-state index contributed by atoms with van der Waals surface area (Å²) in [5.41, 5.74) is 0. The predicted octanol–water partition coefficient (Wildman–Crippen LogP) is 1.16. The summed E-state index contributed by atoms with van der Waals surface area (Å²) in [7, 11) is 0. The van der Waals surface area contributed by atoms with Crippen molar-refractivity contribution < 1.29 is 4.79 Å². The zero-order chi connectivity index (χ0) is 7.28. The second kappa shape index (κ2) is 3.89. The second-order valence-electron chi connectivity index (χ2n) is 1.64. The molecule has 0 rings (SSSR count). The number of rotatable bonds is 3. The maximum absolute atomic E-state index is 10.6. The van der Waals surface area contributed by atoms with Gasteiger partial charge in [-0.3, -0.25) is 4.79 Å². The lowest BCUT2D eigenvalue weighted by atomic mass is 10.5. The number of hydrogen-bond donors (Lipinski definition) is 0. The molecule has 0 saturated carbocycles. The van der Waals surface area contributed by atoms with Crippen molar-refractivity contribution in [3.8, 4) is 0 Å². The van der Waals surface area contributed by atoms with Crippen molar-refractivity contribution in [2.75, 3.05) is 6.54 Å². The van der Waals surface area contributed by atoms with E-state index in [-0.39, 0.29) is 5.91 Å². The minimum Gasteiger partial charge on any atom is -0.316 e. The van der Waals surface area contributed by atoms with E-state index in [1.807, 2.05) is 0 Å². The third-order valence-electron chi connectivity index (χ3n) is 0.951. The van der Waals surface area contributed by atoms with E-state index in [1.54, 1.807) is 6.08 Å². The molecule has 0 N–H and O–H groups in total. The van der Waals surface area contributed by atoms with Gasteiger partial charge in [0, 0.05) is 13.5 Å². The van der Waals surface area contributed by atoms with Gasteiger partial charge >= 0.3 is 0 Å². The molecule has 0 heterocycles. The van der Waals surface area contributed by atoms with E-state index in [4.69, 9.17) is 0 Å². The molecule has 0 aromatic heterocycles. The topological polar surface area (TPSA) is 20.3 Å². The van der Waals surface area contributed by atoms with Gasteiger partial charge in [0.1, 0.15) is 0 Å². The molecule has 0 aromatic carbocycles. The van der Waals surface area contributed by atoms with E-state index in [2.05, 4.69) is 13.2 Å². The molecular formula is C7H11NO. The van der Waals surface area contributed by atoms with Gasteiger partial charge < -0.3 is 4.90 Å². The minimum atomic E-state index is -0.00935. The molecule has 0 saturated heterocycles. The van der Waals surface area contributed by atoms with Crippen molar-refractivity contribution in [1.29, 1.82) is 0 Å². The van der Waals surface area contributed by atoms with Crippen LogP contribution in [0.25, 0.3) is 0 Å². The quantitative estimate of drug-likeness (QED) is 0.518. The molecule has 0 aliphatic heterocycles. The van der Waals surface area contributed by atoms with Crippen molar-refractivity contribution in [2.24, 2.45) is 0 Å². The van der Waals surface area contributed by atoms with Gasteiger partial charge in [0.25, 0.3) is 0 Å². The molecule has 50 valence electrons. The Morgan fingerprint density at radius 3 is 2.33 bits per heavy atom. The summed E-state index contributed by atoms with van der Waals surface area (Å²) < 4.78 is 0. The van der Waals surface area contributed by atoms with Crippen molar-refractivity contribution in [1.82, 2.24) is 4.90 Å². The Bertz CT molecular complexity index is 129. The highest BCUT2D eigenvalue weighted by Crippen LogP contribution is 1.87. The van der Waals surface area contributed by atoms with E-state index in [0.717, 1.165) is 0 Å². The molecule has 2 heteroatoms. The zero-order valence-corrected chi connectivity index (χ0v) is 5.63. The number of amides is 1. The normalized spacial score (nSPS) is 8.11. The first-order chi connectivity index (χ1) is 4.22. The third kappa shape index (κ3) is 2.69. The fraction of sp³-hybridized carbons (Fsp3) is 0.286. The lowest BCUT2D eigenvalue weighted by Gasteiger charge is -2.11. The summed E-state index contributed by atoms with van der Waals surface area (Å²) in [4.78, 5) is 12.1. The summed E-state index contributed by atoms with van der Waals surface area (Å²) in [6, 6.07) is 0. The molecule has 0 bridgehead atoms. The number of carbonyl (C=O) groups is 1. The Labute approximate surface area is 55.5 Å². The van der Waals surface area contributed by atoms with Crippen LogP contribution in [0.1, 0.15) is 6.92 Å². The minimum absolute atomic E-state index is 0.00935. The first kappa shape index (κ1) is 7.95. The molecular weight excluding hydrogens is 114 g/mol. The summed E-state index contributed by atoms with van der Waals surface area (Å²) in [6.07, 6.45) is 3.15. The van der Waals surface area contributed by atoms with Crippen LogP contribution in [-0.2, 0) is 4.79 Å². The first-order valence-electron chi connectivity index (χ1n) is 2.73. The number of carbonyl (C=O) groups excluding carboxylic acids is 1. The molecule has 0 unspecified atom stereocenters. The van der Waals surface area contributed by atoms with Gasteiger partial charge in [0.15, 0.2) is 0 Å². The highest BCUT2D eigenvalue weighted by Gasteiger charge is 1.98. The van der Waals surface area contributed by atoms with Crippen molar-refractivity contribution in [3.63, 3.8) is 0 Å². The van der Waals surface area contributed by atoms with Gasteiger partial charge in [0.2, 0.25) is 5.91 Å². The molecule has 2 nitrogen and oxygen atoms in total. The number of hydrogen-bond acceptors (Lipinski definition) is 1. The lowest BCUT2D eigenvalue weighted by molar-refractivity contribution is -0.125. The van der Waals surface area contributed by atoms with Gasteiger partial charge in [-0.25, -0.2) is 0 Å². The van der Waals surface area contributed by atoms with Gasteiger partial charge in [-0.15, -0.1) is 6.58 Å². The van der Waals surface area contributed by atoms with E-state index in [1.165, 1.54) is 18.0 Å². The van der Waals surface area contributed by atoms with Crippen LogP contribution in [0.4, 0.5) is 0 Å². The average Bonchev–Trinajstić information content (AvgIpc) is 1.82. The van der Waals surface area contributed by atoms with E-state index in [9.17, 15) is 4.79 Å². The fourth-order valence-corrected chi connectivity index (χ4v) is 0.471. The Balaban J connectivity index is 3.81. The lowest BCUT2D eigenvalue weighted by Crippen LogP contribution is -2.21. The van der Waals surface area contributed by atoms with Crippen LogP contribution in [0.5, 0.6) is 0 Å². The molecule has 0 aromatic rings. The Hall–Kier alpha value is -1.05. The molecule has 1 amide bonds. The van der Waals surface area contributed by atoms with E-state index >= 15 is 0 Å². The molecule has 9 heavy (non-hydrogen) atoms. The van der Waals surface area contributed by atoms with Gasteiger partial charge in [0.05, 0.1) is 0 Å². The fourth-order valence-electron chi connectivity index (χ4n) is 0.471. The smallest absolute Gasteiger partial charge is 0.223 e. The maximum Gasteiger partial charge on any atom is 0.223 e. The zero-order valence-electron chi connectivity index (χ0n) is 5.63. The van der Waals surface area contributed by atoms with Crippen LogP contribution in [-0.4, -0.2) is 17.4 Å². The highest BCUT2D eigenvalue weighted by atomic mass is 16.2. The standard InChI is InChI=1S/C7H11NO/c1-4-6-8(5-2)7(3)9/h4-5H,1-2,6H2,3H3. The summed E-state index contributed by atoms with van der Waals surface area (Å²) in [6.45, 7) is 8.98. The van der Waals surface area contributed by atoms with Crippen molar-refractivity contribution >= 4 is 5.91 Å². The Morgan fingerprint density at radius 2 is 2.22 bits per heavy atom. The van der Waals surface area contributed by atoms with E-state index < -0.39 is 0 Å². The average molecular weight is 125 g/mol. The molecule has 0 aliphatic carbocycles. The Morgan fingerprint density at radius 1 is 1.67 bits per heavy atom. The monoisotopic (exact) mass is 125 g/mol. The van der Waals surface area contributed by atoms with Crippen molar-refractivity contribution in [2.45, 2.75) is 6.92 Å². The van der Waals surface area contributed by atoms with Gasteiger partial charge in [-0.1, -0.05) is 12.7 Å². The third-order valence-corrected chi connectivity index (χ3v) is 0.951. The van der Waals surface area contributed by atoms with Crippen LogP contribution in [0, 0.1) is 0 Å². The predicted molar refractivity (Wildman–Crippen MR) is 37.8 cm³/mol.